The van der Waals surface area contributed by atoms with E-state index in [2.05, 4.69) is 10.3 Å². The number of carbonyl (C=O) groups excluding carboxylic acids is 1. The lowest BCUT2D eigenvalue weighted by Gasteiger charge is -1.99. The molecule has 1 amide bonds. The van der Waals surface area contributed by atoms with Gasteiger partial charge < -0.3 is 10.4 Å². The highest BCUT2D eigenvalue weighted by atomic mass is 16.4. The van der Waals surface area contributed by atoms with E-state index >= 15 is 0 Å². The van der Waals surface area contributed by atoms with Crippen LogP contribution in [0.2, 0.25) is 0 Å². The Morgan fingerprint density at radius 2 is 2.07 bits per heavy atom. The third-order valence-corrected chi connectivity index (χ3v) is 1.86. The summed E-state index contributed by atoms with van der Waals surface area (Å²) < 4.78 is 0. The summed E-state index contributed by atoms with van der Waals surface area (Å²) in [6.07, 6.45) is 4.27. The van der Waals surface area contributed by atoms with Gasteiger partial charge in [0.2, 0.25) is 5.91 Å². The molecule has 1 aromatic heterocycles. The number of nitrogens with one attached hydrogen (secondary N) is 1. The molecule has 0 aromatic carbocycles. The van der Waals surface area contributed by atoms with Crippen LogP contribution in [0.4, 0.5) is 0 Å². The van der Waals surface area contributed by atoms with E-state index in [0.717, 1.165) is 0 Å². The minimum atomic E-state index is -0.944. The van der Waals surface area contributed by atoms with E-state index in [9.17, 15) is 9.59 Å². The van der Waals surface area contributed by atoms with E-state index in [1.54, 1.807) is 12.4 Å². The normalized spacial score (nSPS) is 18.7. The molecule has 1 saturated heterocycles. The maximum absolute atomic E-state index is 10.4. The molecule has 5 nitrogen and oxygen atoms in total. The van der Waals surface area contributed by atoms with Gasteiger partial charge in [0.15, 0.2) is 0 Å². The summed E-state index contributed by atoms with van der Waals surface area (Å²) in [6.45, 7) is 0. The highest BCUT2D eigenvalue weighted by Crippen LogP contribution is 2.05. The topological polar surface area (TPSA) is 79.3 Å². The van der Waals surface area contributed by atoms with Crippen LogP contribution >= 0.6 is 0 Å². The smallest absolute Gasteiger partial charge is 0.326 e. The minimum absolute atomic E-state index is 0.164. The number of carboxylic acids is 1. The summed E-state index contributed by atoms with van der Waals surface area (Å²) in [7, 11) is 0. The van der Waals surface area contributed by atoms with Crippen LogP contribution in [0.25, 0.3) is 0 Å². The molecule has 2 heterocycles. The quantitative estimate of drug-likeness (QED) is 0.701. The van der Waals surface area contributed by atoms with Gasteiger partial charge in [0, 0.05) is 18.8 Å². The van der Waals surface area contributed by atoms with Gasteiger partial charge >= 0.3 is 5.97 Å². The summed E-state index contributed by atoms with van der Waals surface area (Å²) in [4.78, 5) is 24.3. The third-order valence-electron chi connectivity index (χ3n) is 1.86. The molecule has 0 spiro atoms. The van der Waals surface area contributed by atoms with Gasteiger partial charge in [-0.15, -0.1) is 0 Å². The lowest BCUT2D eigenvalue weighted by molar-refractivity contribution is -0.140. The summed E-state index contributed by atoms with van der Waals surface area (Å²) in [5, 5.41) is 10.6. The Morgan fingerprint density at radius 1 is 1.40 bits per heavy atom. The average molecular weight is 208 g/mol. The first kappa shape index (κ1) is 11.2. The first-order valence-electron chi connectivity index (χ1n) is 4.57. The van der Waals surface area contributed by atoms with Crippen LogP contribution in [0.1, 0.15) is 12.8 Å². The largest absolute Gasteiger partial charge is 0.480 e. The van der Waals surface area contributed by atoms with Crippen molar-refractivity contribution in [1.29, 1.82) is 0 Å². The fraction of sp³-hybridized carbons (Fsp3) is 0.300. The van der Waals surface area contributed by atoms with Crippen molar-refractivity contribution in [2.24, 2.45) is 0 Å². The Bertz CT molecular complexity index is 300. The number of hydrogen-bond acceptors (Lipinski definition) is 3. The van der Waals surface area contributed by atoms with Crippen molar-refractivity contribution in [2.45, 2.75) is 18.9 Å². The highest BCUT2D eigenvalue weighted by molar-refractivity contribution is 5.87. The fourth-order valence-electron chi connectivity index (χ4n) is 1.11. The molecular weight excluding hydrogens is 196 g/mol. The van der Waals surface area contributed by atoms with Crippen LogP contribution in [-0.4, -0.2) is 28.0 Å². The van der Waals surface area contributed by atoms with Gasteiger partial charge in [-0.2, -0.15) is 0 Å². The second-order valence-corrected chi connectivity index (χ2v) is 3.02. The number of nitrogens with zero attached hydrogens (tertiary/aromatic N) is 1. The number of hydrogen-bond donors (Lipinski definition) is 2. The number of rotatable bonds is 1. The van der Waals surface area contributed by atoms with Crippen molar-refractivity contribution in [1.82, 2.24) is 10.3 Å². The van der Waals surface area contributed by atoms with Gasteiger partial charge in [0.05, 0.1) is 0 Å². The van der Waals surface area contributed by atoms with Crippen molar-refractivity contribution < 1.29 is 14.7 Å². The summed E-state index contributed by atoms with van der Waals surface area (Å²) >= 11 is 0. The molecule has 1 aliphatic rings. The van der Waals surface area contributed by atoms with Gasteiger partial charge in [0.1, 0.15) is 6.04 Å². The number of carbonyl (C=O) groups is 2. The van der Waals surface area contributed by atoms with Gasteiger partial charge in [-0.25, -0.2) is 4.79 Å². The summed E-state index contributed by atoms with van der Waals surface area (Å²) in [5.74, 6) is -1.11. The molecule has 1 atom stereocenters. The van der Waals surface area contributed by atoms with Crippen LogP contribution in [0, 0.1) is 0 Å². The first-order chi connectivity index (χ1) is 7.20. The molecule has 0 aliphatic carbocycles. The maximum Gasteiger partial charge on any atom is 0.326 e. The molecule has 2 N–H and O–H groups in total. The van der Waals surface area contributed by atoms with Gasteiger partial charge in [0.25, 0.3) is 0 Å². The SMILES string of the molecule is O=C1CC[C@@H](C(=O)O)N1.c1ccncc1. The molecule has 0 bridgehead atoms. The molecule has 0 unspecified atom stereocenters. The van der Waals surface area contributed by atoms with Crippen LogP contribution in [-0.2, 0) is 9.59 Å². The molecule has 2 rings (SSSR count). The van der Waals surface area contributed by atoms with Gasteiger partial charge in [-0.1, -0.05) is 6.07 Å². The van der Waals surface area contributed by atoms with E-state index in [0.29, 0.717) is 12.8 Å². The van der Waals surface area contributed by atoms with Crippen LogP contribution in [0.3, 0.4) is 0 Å². The molecule has 1 aromatic rings. The van der Waals surface area contributed by atoms with Crippen LogP contribution < -0.4 is 5.32 Å². The lowest BCUT2D eigenvalue weighted by atomic mass is 10.2. The number of aromatic nitrogens is 1. The van der Waals surface area contributed by atoms with Gasteiger partial charge in [-0.3, -0.25) is 9.78 Å². The molecule has 0 radical (unpaired) electrons. The Hall–Kier alpha value is -1.91. The van der Waals surface area contributed by atoms with Crippen molar-refractivity contribution in [3.8, 4) is 0 Å². The summed E-state index contributed by atoms with van der Waals surface area (Å²) in [6, 6.07) is 5.07. The lowest BCUT2D eigenvalue weighted by Crippen LogP contribution is -2.32. The zero-order valence-corrected chi connectivity index (χ0v) is 8.09. The predicted molar refractivity (Wildman–Crippen MR) is 53.0 cm³/mol. The molecule has 5 heteroatoms. The average Bonchev–Trinajstić information content (AvgIpc) is 2.69. The summed E-state index contributed by atoms with van der Waals surface area (Å²) in [5.41, 5.74) is 0. The van der Waals surface area contributed by atoms with Crippen molar-refractivity contribution in [3.63, 3.8) is 0 Å². The first-order valence-corrected chi connectivity index (χ1v) is 4.57. The standard InChI is InChI=1S/C5H7NO3.C5H5N/c7-4-2-1-3(6-4)5(8)9;1-2-4-6-5-3-1/h3H,1-2H2,(H,6,7)(H,8,9);1-5H/t3-;/m0./s1. The molecule has 80 valence electrons. The molecule has 15 heavy (non-hydrogen) atoms. The van der Waals surface area contributed by atoms with Crippen LogP contribution in [0.5, 0.6) is 0 Å². The molecular formula is C10H12N2O3. The van der Waals surface area contributed by atoms with E-state index in [1.165, 1.54) is 0 Å². The number of pyridine rings is 1. The molecule has 1 fully saturated rings. The second-order valence-electron chi connectivity index (χ2n) is 3.02. The Kier molecular flexibility index (Phi) is 4.28. The monoisotopic (exact) mass is 208 g/mol. The van der Waals surface area contributed by atoms with E-state index in [4.69, 9.17) is 5.11 Å². The molecule has 1 aliphatic heterocycles. The highest BCUT2D eigenvalue weighted by Gasteiger charge is 2.26. The van der Waals surface area contributed by atoms with Gasteiger partial charge in [-0.05, 0) is 18.6 Å². The minimum Gasteiger partial charge on any atom is -0.480 e. The zero-order valence-electron chi connectivity index (χ0n) is 8.09. The zero-order chi connectivity index (χ0) is 11.1. The maximum atomic E-state index is 10.4. The van der Waals surface area contributed by atoms with E-state index in [-0.39, 0.29) is 5.91 Å². The van der Waals surface area contributed by atoms with Crippen molar-refractivity contribution >= 4 is 11.9 Å². The third kappa shape index (κ3) is 4.21. The second kappa shape index (κ2) is 5.74. The Labute approximate surface area is 87.1 Å². The fourth-order valence-corrected chi connectivity index (χ4v) is 1.11. The number of aliphatic carboxylic acids is 1. The number of amides is 1. The van der Waals surface area contributed by atoms with Crippen molar-refractivity contribution in [2.75, 3.05) is 0 Å². The van der Waals surface area contributed by atoms with Crippen LogP contribution in [0.15, 0.2) is 30.6 Å². The van der Waals surface area contributed by atoms with E-state index < -0.39 is 12.0 Å². The van der Waals surface area contributed by atoms with E-state index in [1.807, 2.05) is 18.2 Å². The van der Waals surface area contributed by atoms with Crippen molar-refractivity contribution in [3.05, 3.63) is 30.6 Å². The number of carboxylic acid groups (broad SMARTS) is 1. The Morgan fingerprint density at radius 3 is 2.27 bits per heavy atom. The predicted octanol–water partition coefficient (Wildman–Crippen LogP) is 0.431. The Balaban J connectivity index is 0.000000162. The molecule has 0 saturated carbocycles.